The molecule has 3 aromatic rings. The number of anilines is 1. The Morgan fingerprint density at radius 1 is 1.32 bits per heavy atom. The largest absolute Gasteiger partial charge is 0.495 e. The molecule has 1 amide bonds. The maximum atomic E-state index is 12.3. The van der Waals surface area contributed by atoms with Crippen molar-refractivity contribution in [3.8, 4) is 17.1 Å². The molecular weight excluding hydrogens is 328 g/mol. The highest BCUT2D eigenvalue weighted by Crippen LogP contribution is 2.29. The van der Waals surface area contributed by atoms with Crippen LogP contribution in [0.1, 0.15) is 10.5 Å². The molecule has 0 saturated heterocycles. The van der Waals surface area contributed by atoms with Crippen LogP contribution < -0.4 is 10.1 Å². The molecule has 0 aliphatic carbocycles. The van der Waals surface area contributed by atoms with E-state index < -0.39 is 10.8 Å². The summed E-state index contributed by atoms with van der Waals surface area (Å²) in [5, 5.41) is 17.1. The second-order valence-corrected chi connectivity index (χ2v) is 4.91. The Hall–Kier alpha value is -3.75. The van der Waals surface area contributed by atoms with Crippen LogP contribution in [0.4, 0.5) is 11.4 Å². The Morgan fingerprint density at radius 2 is 2.16 bits per heavy atom. The molecular formula is C16H12N4O5. The van der Waals surface area contributed by atoms with Gasteiger partial charge in [-0.1, -0.05) is 5.16 Å². The van der Waals surface area contributed by atoms with Crippen molar-refractivity contribution in [2.75, 3.05) is 12.4 Å². The molecule has 0 unspecified atom stereocenters. The number of nitrogens with zero attached hydrogens (tertiary/aromatic N) is 3. The van der Waals surface area contributed by atoms with E-state index >= 15 is 0 Å². The van der Waals surface area contributed by atoms with Gasteiger partial charge in [0.15, 0.2) is 11.5 Å². The number of ether oxygens (including phenoxy) is 1. The van der Waals surface area contributed by atoms with Gasteiger partial charge in [-0.3, -0.25) is 19.9 Å². The molecule has 25 heavy (non-hydrogen) atoms. The van der Waals surface area contributed by atoms with Gasteiger partial charge in [-0.25, -0.2) is 0 Å². The first-order valence-electron chi connectivity index (χ1n) is 7.09. The van der Waals surface area contributed by atoms with Crippen molar-refractivity contribution in [2.24, 2.45) is 0 Å². The smallest absolute Gasteiger partial charge is 0.277 e. The first-order valence-corrected chi connectivity index (χ1v) is 7.09. The van der Waals surface area contributed by atoms with Gasteiger partial charge in [0.25, 0.3) is 11.6 Å². The van der Waals surface area contributed by atoms with Gasteiger partial charge in [0.1, 0.15) is 5.75 Å². The Balaban J connectivity index is 1.84. The number of carbonyl (C=O) groups is 1. The van der Waals surface area contributed by atoms with Crippen LogP contribution in [0.5, 0.6) is 5.75 Å². The van der Waals surface area contributed by atoms with E-state index in [1.165, 1.54) is 31.4 Å². The standard InChI is InChI=1S/C16H12N4O5/c1-24-14-5-4-11(20(22)23)7-12(14)18-16(21)13-8-15(25-19-13)10-3-2-6-17-9-10/h2-9H,1H3,(H,18,21). The summed E-state index contributed by atoms with van der Waals surface area (Å²) in [6.45, 7) is 0. The maximum absolute atomic E-state index is 12.3. The van der Waals surface area contributed by atoms with Crippen LogP contribution >= 0.6 is 0 Å². The van der Waals surface area contributed by atoms with E-state index in [1.54, 1.807) is 24.5 Å². The molecule has 0 atom stereocenters. The predicted octanol–water partition coefficient (Wildman–Crippen LogP) is 2.91. The third kappa shape index (κ3) is 3.44. The molecule has 2 aromatic heterocycles. The fourth-order valence-electron chi connectivity index (χ4n) is 2.12. The number of non-ortho nitro benzene ring substituents is 1. The number of pyridine rings is 1. The van der Waals surface area contributed by atoms with Gasteiger partial charge in [0.2, 0.25) is 0 Å². The van der Waals surface area contributed by atoms with Gasteiger partial charge < -0.3 is 14.6 Å². The van der Waals surface area contributed by atoms with Crippen molar-refractivity contribution >= 4 is 17.3 Å². The summed E-state index contributed by atoms with van der Waals surface area (Å²) in [5.41, 5.74) is 0.675. The summed E-state index contributed by atoms with van der Waals surface area (Å²) >= 11 is 0. The predicted molar refractivity (Wildman–Crippen MR) is 87.3 cm³/mol. The molecule has 0 saturated carbocycles. The fraction of sp³-hybridized carbons (Fsp3) is 0.0625. The molecule has 0 fully saturated rings. The van der Waals surface area contributed by atoms with Crippen LogP contribution in [0.2, 0.25) is 0 Å². The molecule has 1 aromatic carbocycles. The Labute approximate surface area is 141 Å². The number of hydrogen-bond donors (Lipinski definition) is 1. The summed E-state index contributed by atoms with van der Waals surface area (Å²) in [6.07, 6.45) is 3.19. The van der Waals surface area contributed by atoms with E-state index in [0.717, 1.165) is 0 Å². The van der Waals surface area contributed by atoms with E-state index in [0.29, 0.717) is 11.3 Å². The van der Waals surface area contributed by atoms with Crippen LogP contribution in [0.3, 0.4) is 0 Å². The Kier molecular flexibility index (Phi) is 4.38. The summed E-state index contributed by atoms with van der Waals surface area (Å²) < 4.78 is 10.2. The molecule has 0 spiro atoms. The molecule has 0 bridgehead atoms. The van der Waals surface area contributed by atoms with Gasteiger partial charge in [-0.15, -0.1) is 0 Å². The number of hydrogen-bond acceptors (Lipinski definition) is 7. The second-order valence-electron chi connectivity index (χ2n) is 4.91. The molecule has 9 heteroatoms. The summed E-state index contributed by atoms with van der Waals surface area (Å²) in [7, 11) is 1.40. The molecule has 0 aliphatic heterocycles. The Morgan fingerprint density at radius 3 is 2.84 bits per heavy atom. The van der Waals surface area contributed by atoms with Crippen LogP contribution in [-0.4, -0.2) is 28.1 Å². The number of benzene rings is 1. The molecule has 0 aliphatic rings. The number of aromatic nitrogens is 2. The number of nitro benzene ring substituents is 1. The zero-order valence-electron chi connectivity index (χ0n) is 13.0. The van der Waals surface area contributed by atoms with Gasteiger partial charge in [-0.2, -0.15) is 0 Å². The number of nitrogens with one attached hydrogen (secondary N) is 1. The number of rotatable bonds is 5. The molecule has 2 heterocycles. The SMILES string of the molecule is COc1ccc([N+](=O)[O-])cc1NC(=O)c1cc(-c2cccnc2)on1. The molecule has 3 rings (SSSR count). The van der Waals surface area contributed by atoms with E-state index in [9.17, 15) is 14.9 Å². The van der Waals surface area contributed by atoms with Crippen molar-refractivity contribution in [1.29, 1.82) is 0 Å². The summed E-state index contributed by atoms with van der Waals surface area (Å²) in [6, 6.07) is 8.84. The third-order valence-corrected chi connectivity index (χ3v) is 3.33. The van der Waals surface area contributed by atoms with E-state index in [2.05, 4.69) is 15.5 Å². The lowest BCUT2D eigenvalue weighted by molar-refractivity contribution is -0.384. The van der Waals surface area contributed by atoms with Crippen molar-refractivity contribution in [3.05, 3.63) is 64.6 Å². The maximum Gasteiger partial charge on any atom is 0.277 e. The second kappa shape index (κ2) is 6.79. The molecule has 0 radical (unpaired) electrons. The lowest BCUT2D eigenvalue weighted by Crippen LogP contribution is -2.13. The van der Waals surface area contributed by atoms with Crippen LogP contribution in [0.25, 0.3) is 11.3 Å². The monoisotopic (exact) mass is 340 g/mol. The average molecular weight is 340 g/mol. The van der Waals surface area contributed by atoms with Crippen molar-refractivity contribution in [1.82, 2.24) is 10.1 Å². The molecule has 9 nitrogen and oxygen atoms in total. The highest BCUT2D eigenvalue weighted by molar-refractivity contribution is 6.04. The van der Waals surface area contributed by atoms with Crippen molar-refractivity contribution in [2.45, 2.75) is 0 Å². The quantitative estimate of drug-likeness (QED) is 0.560. The fourth-order valence-corrected chi connectivity index (χ4v) is 2.12. The lowest BCUT2D eigenvalue weighted by atomic mass is 10.2. The normalized spacial score (nSPS) is 10.3. The van der Waals surface area contributed by atoms with Crippen LogP contribution in [-0.2, 0) is 0 Å². The third-order valence-electron chi connectivity index (χ3n) is 3.33. The number of amides is 1. The number of methoxy groups -OCH3 is 1. The van der Waals surface area contributed by atoms with Gasteiger partial charge in [-0.05, 0) is 18.2 Å². The first kappa shape index (κ1) is 16.1. The van der Waals surface area contributed by atoms with Crippen LogP contribution in [0.15, 0.2) is 53.3 Å². The van der Waals surface area contributed by atoms with Gasteiger partial charge in [0.05, 0.1) is 17.7 Å². The molecule has 1 N–H and O–H groups in total. The lowest BCUT2D eigenvalue weighted by Gasteiger charge is -2.08. The highest BCUT2D eigenvalue weighted by Gasteiger charge is 2.18. The van der Waals surface area contributed by atoms with Crippen molar-refractivity contribution in [3.63, 3.8) is 0 Å². The minimum Gasteiger partial charge on any atom is -0.495 e. The summed E-state index contributed by atoms with van der Waals surface area (Å²) in [4.78, 5) is 26.6. The molecule has 126 valence electrons. The number of nitro groups is 1. The topological polar surface area (TPSA) is 120 Å². The number of carbonyl (C=O) groups excluding carboxylic acids is 1. The van der Waals surface area contributed by atoms with E-state index in [4.69, 9.17) is 9.26 Å². The average Bonchev–Trinajstić information content (AvgIpc) is 3.12. The Bertz CT molecular complexity index is 923. The zero-order chi connectivity index (χ0) is 17.8. The van der Waals surface area contributed by atoms with Crippen LogP contribution in [0, 0.1) is 10.1 Å². The zero-order valence-corrected chi connectivity index (χ0v) is 13.0. The van der Waals surface area contributed by atoms with Gasteiger partial charge >= 0.3 is 0 Å². The summed E-state index contributed by atoms with van der Waals surface area (Å²) in [5.74, 6) is 0.0804. The highest BCUT2D eigenvalue weighted by atomic mass is 16.6. The van der Waals surface area contributed by atoms with Crippen molar-refractivity contribution < 1.29 is 19.0 Å². The minimum absolute atomic E-state index is 0.0208. The minimum atomic E-state index is -0.585. The van der Waals surface area contributed by atoms with E-state index in [-0.39, 0.29) is 22.8 Å². The van der Waals surface area contributed by atoms with Gasteiger partial charge in [0, 0.05) is 36.2 Å². The van der Waals surface area contributed by atoms with E-state index in [1.807, 2.05) is 0 Å². The first-order chi connectivity index (χ1) is 12.1.